The summed E-state index contributed by atoms with van der Waals surface area (Å²) in [6.45, 7) is 5.10. The van der Waals surface area contributed by atoms with Crippen molar-refractivity contribution in [3.63, 3.8) is 0 Å². The van der Waals surface area contributed by atoms with Gasteiger partial charge in [0.25, 0.3) is 5.56 Å². The first-order valence-corrected chi connectivity index (χ1v) is 7.38. The third kappa shape index (κ3) is 3.07. The number of pyridine rings is 1. The van der Waals surface area contributed by atoms with Crippen LogP contribution >= 0.6 is 15.9 Å². The summed E-state index contributed by atoms with van der Waals surface area (Å²) in [6, 6.07) is 3.99. The van der Waals surface area contributed by atoms with Crippen LogP contribution in [0.1, 0.15) is 25.1 Å². The average molecular weight is 337 g/mol. The Morgan fingerprint density at radius 1 is 1.40 bits per heavy atom. The Labute approximate surface area is 126 Å². The zero-order chi connectivity index (χ0) is 14.5. The zero-order valence-electron chi connectivity index (χ0n) is 11.6. The number of hydrogen-bond acceptors (Lipinski definition) is 4. The van der Waals surface area contributed by atoms with E-state index in [1.807, 2.05) is 13.0 Å². The molecule has 1 N–H and O–H groups in total. The highest BCUT2D eigenvalue weighted by Gasteiger charge is 2.08. The van der Waals surface area contributed by atoms with Gasteiger partial charge in [0.05, 0.1) is 24.1 Å². The van der Waals surface area contributed by atoms with Gasteiger partial charge in [-0.25, -0.2) is 4.68 Å². The van der Waals surface area contributed by atoms with Crippen LogP contribution < -0.4 is 10.9 Å². The Balaban J connectivity index is 2.19. The molecule has 0 aliphatic carbocycles. The van der Waals surface area contributed by atoms with Crippen LogP contribution in [0.5, 0.6) is 0 Å². The van der Waals surface area contributed by atoms with Gasteiger partial charge in [0.1, 0.15) is 4.47 Å². The molecule has 0 saturated carbocycles. The molecule has 0 unspecified atom stereocenters. The van der Waals surface area contributed by atoms with E-state index in [-0.39, 0.29) is 5.56 Å². The number of nitrogens with zero attached hydrogens (tertiary/aromatic N) is 3. The Bertz CT molecular complexity index is 654. The molecule has 2 rings (SSSR count). The fraction of sp³-hybridized carbons (Fsp3) is 0.357. The molecule has 0 aliphatic rings. The topological polar surface area (TPSA) is 59.8 Å². The molecule has 0 bridgehead atoms. The number of aromatic nitrogens is 3. The summed E-state index contributed by atoms with van der Waals surface area (Å²) >= 11 is 3.32. The summed E-state index contributed by atoms with van der Waals surface area (Å²) in [5.74, 6) is 0. The van der Waals surface area contributed by atoms with E-state index in [1.54, 1.807) is 12.4 Å². The zero-order valence-corrected chi connectivity index (χ0v) is 13.1. The summed E-state index contributed by atoms with van der Waals surface area (Å²) in [5, 5.41) is 7.31. The Morgan fingerprint density at radius 3 is 2.90 bits per heavy atom. The standard InChI is InChI=1S/C14H17BrN4O/c1-3-10-6-5-7-16-11(10)8-17-12-9-18-19(4-2)14(20)13(12)15/h5-7,9,17H,3-4,8H2,1-2H3. The maximum Gasteiger partial charge on any atom is 0.283 e. The Morgan fingerprint density at radius 2 is 2.20 bits per heavy atom. The van der Waals surface area contributed by atoms with Crippen LogP contribution in [-0.2, 0) is 19.5 Å². The predicted octanol–water partition coefficient (Wildman–Crippen LogP) is 2.60. The number of aryl methyl sites for hydroxylation is 2. The predicted molar refractivity (Wildman–Crippen MR) is 82.8 cm³/mol. The number of nitrogens with one attached hydrogen (secondary N) is 1. The maximum atomic E-state index is 12.0. The SMILES string of the molecule is CCc1cccnc1CNc1cnn(CC)c(=O)c1Br. The highest BCUT2D eigenvalue weighted by Crippen LogP contribution is 2.17. The molecule has 0 atom stereocenters. The summed E-state index contributed by atoms with van der Waals surface area (Å²) in [5.41, 5.74) is 2.74. The third-order valence-corrected chi connectivity index (χ3v) is 3.86. The minimum atomic E-state index is -0.130. The molecule has 0 saturated heterocycles. The van der Waals surface area contributed by atoms with E-state index < -0.39 is 0 Å². The van der Waals surface area contributed by atoms with Gasteiger partial charge in [0.2, 0.25) is 0 Å². The van der Waals surface area contributed by atoms with Gasteiger partial charge in [0, 0.05) is 12.7 Å². The average Bonchev–Trinajstić information content (AvgIpc) is 2.49. The largest absolute Gasteiger partial charge is 0.377 e. The molecule has 5 nitrogen and oxygen atoms in total. The van der Waals surface area contributed by atoms with Crippen molar-refractivity contribution in [1.29, 1.82) is 0 Å². The lowest BCUT2D eigenvalue weighted by Gasteiger charge is -2.11. The maximum absolute atomic E-state index is 12.0. The third-order valence-electron chi connectivity index (χ3n) is 3.10. The number of anilines is 1. The van der Waals surface area contributed by atoms with Crippen molar-refractivity contribution in [2.45, 2.75) is 33.4 Å². The van der Waals surface area contributed by atoms with Crippen LogP contribution in [0, 0.1) is 0 Å². The highest BCUT2D eigenvalue weighted by molar-refractivity contribution is 9.10. The quantitative estimate of drug-likeness (QED) is 0.911. The van der Waals surface area contributed by atoms with E-state index in [0.717, 1.165) is 12.1 Å². The van der Waals surface area contributed by atoms with Crippen LogP contribution in [0.2, 0.25) is 0 Å². The monoisotopic (exact) mass is 336 g/mol. The van der Waals surface area contributed by atoms with Crippen molar-refractivity contribution in [3.8, 4) is 0 Å². The molecular formula is C14H17BrN4O. The molecular weight excluding hydrogens is 320 g/mol. The van der Waals surface area contributed by atoms with Crippen LogP contribution in [0.4, 0.5) is 5.69 Å². The lowest BCUT2D eigenvalue weighted by molar-refractivity contribution is 0.612. The summed E-state index contributed by atoms with van der Waals surface area (Å²) in [7, 11) is 0. The summed E-state index contributed by atoms with van der Waals surface area (Å²) in [6.07, 6.45) is 4.36. The van der Waals surface area contributed by atoms with Gasteiger partial charge in [-0.2, -0.15) is 5.10 Å². The van der Waals surface area contributed by atoms with Crippen molar-refractivity contribution in [2.75, 3.05) is 5.32 Å². The molecule has 6 heteroatoms. The van der Waals surface area contributed by atoms with E-state index in [0.29, 0.717) is 23.2 Å². The molecule has 2 aromatic heterocycles. The molecule has 0 fully saturated rings. The molecule has 0 aromatic carbocycles. The van der Waals surface area contributed by atoms with Crippen molar-refractivity contribution in [2.24, 2.45) is 0 Å². The molecule has 106 valence electrons. The summed E-state index contributed by atoms with van der Waals surface area (Å²) < 4.78 is 1.91. The normalized spacial score (nSPS) is 10.6. The van der Waals surface area contributed by atoms with Gasteiger partial charge in [-0.1, -0.05) is 13.0 Å². The lowest BCUT2D eigenvalue weighted by atomic mass is 10.1. The van der Waals surface area contributed by atoms with E-state index in [4.69, 9.17) is 0 Å². The van der Waals surface area contributed by atoms with E-state index in [1.165, 1.54) is 10.2 Å². The second-order valence-electron chi connectivity index (χ2n) is 4.31. The van der Waals surface area contributed by atoms with E-state index >= 15 is 0 Å². The first-order valence-electron chi connectivity index (χ1n) is 6.59. The van der Waals surface area contributed by atoms with Gasteiger partial charge in [0.15, 0.2) is 0 Å². The molecule has 0 radical (unpaired) electrons. The molecule has 2 heterocycles. The number of hydrogen-bond donors (Lipinski definition) is 1. The second-order valence-corrected chi connectivity index (χ2v) is 5.10. The van der Waals surface area contributed by atoms with Crippen LogP contribution in [-0.4, -0.2) is 14.8 Å². The Kier molecular flexibility index (Phi) is 4.89. The molecule has 2 aromatic rings. The smallest absolute Gasteiger partial charge is 0.283 e. The molecule has 0 spiro atoms. The van der Waals surface area contributed by atoms with Gasteiger partial charge in [-0.05, 0) is 40.9 Å². The van der Waals surface area contributed by atoms with Gasteiger partial charge in [-0.15, -0.1) is 0 Å². The molecule has 0 aliphatic heterocycles. The van der Waals surface area contributed by atoms with Crippen molar-refractivity contribution < 1.29 is 0 Å². The van der Waals surface area contributed by atoms with Gasteiger partial charge in [-0.3, -0.25) is 9.78 Å². The van der Waals surface area contributed by atoms with Crippen LogP contribution in [0.25, 0.3) is 0 Å². The minimum Gasteiger partial charge on any atom is -0.377 e. The number of rotatable bonds is 5. The lowest BCUT2D eigenvalue weighted by Crippen LogP contribution is -2.23. The number of halogens is 1. The van der Waals surface area contributed by atoms with Crippen LogP contribution in [0.3, 0.4) is 0 Å². The first-order chi connectivity index (χ1) is 9.67. The van der Waals surface area contributed by atoms with Crippen molar-refractivity contribution in [3.05, 3.63) is 50.6 Å². The minimum absolute atomic E-state index is 0.130. The van der Waals surface area contributed by atoms with Crippen molar-refractivity contribution in [1.82, 2.24) is 14.8 Å². The summed E-state index contributed by atoms with van der Waals surface area (Å²) in [4.78, 5) is 16.3. The van der Waals surface area contributed by atoms with Gasteiger partial charge < -0.3 is 5.32 Å². The van der Waals surface area contributed by atoms with Crippen molar-refractivity contribution >= 4 is 21.6 Å². The first kappa shape index (κ1) is 14.7. The fourth-order valence-electron chi connectivity index (χ4n) is 1.94. The van der Waals surface area contributed by atoms with Gasteiger partial charge >= 0.3 is 0 Å². The highest BCUT2D eigenvalue weighted by atomic mass is 79.9. The second kappa shape index (κ2) is 6.65. The molecule has 0 amide bonds. The van der Waals surface area contributed by atoms with E-state index in [2.05, 4.69) is 44.3 Å². The van der Waals surface area contributed by atoms with E-state index in [9.17, 15) is 4.79 Å². The Hall–Kier alpha value is -1.69. The fourth-order valence-corrected chi connectivity index (χ4v) is 2.39. The van der Waals surface area contributed by atoms with Crippen LogP contribution in [0.15, 0.2) is 33.8 Å². The molecule has 20 heavy (non-hydrogen) atoms.